The number of aliphatic hydroxyl groups excluding tert-OH is 2. The molecule has 0 bridgehead atoms. The van der Waals surface area contributed by atoms with Gasteiger partial charge in [-0.2, -0.15) is 0 Å². The molecule has 0 aliphatic carbocycles. The zero-order chi connectivity index (χ0) is 37.7. The summed E-state index contributed by atoms with van der Waals surface area (Å²) >= 11 is 0. The first kappa shape index (κ1) is 49.5. The van der Waals surface area contributed by atoms with E-state index in [1.165, 1.54) is 77.0 Å². The molecule has 3 N–H and O–H groups in total. The molecule has 10 nitrogen and oxygen atoms in total. The van der Waals surface area contributed by atoms with Gasteiger partial charge < -0.3 is 24.6 Å². The summed E-state index contributed by atoms with van der Waals surface area (Å²) in [5.41, 5.74) is 0. The highest BCUT2D eigenvalue weighted by Crippen LogP contribution is 2.43. The SMILES string of the molecule is CCCCC/C=C/C/C=C/CCCCCCCC(=O)OC(COC(=O)CCCCCCCCCCCCCCC)COP(=O)(O)OCC(O)CO. The smallest absolute Gasteiger partial charge is 0.462 e. The molecule has 0 fully saturated rings. The number of unbranched alkanes of at least 4 members (excludes halogenated alkanes) is 20. The fourth-order valence-corrected chi connectivity index (χ4v) is 6.22. The molecule has 0 aromatic heterocycles. The van der Waals surface area contributed by atoms with Gasteiger partial charge >= 0.3 is 19.8 Å². The minimum Gasteiger partial charge on any atom is -0.462 e. The summed E-state index contributed by atoms with van der Waals surface area (Å²) in [6, 6.07) is 0. The van der Waals surface area contributed by atoms with Gasteiger partial charge in [0, 0.05) is 12.8 Å². The zero-order valence-electron chi connectivity index (χ0n) is 32.3. The molecule has 0 aliphatic rings. The summed E-state index contributed by atoms with van der Waals surface area (Å²) in [5.74, 6) is -0.937. The Morgan fingerprint density at radius 3 is 1.55 bits per heavy atom. The lowest BCUT2D eigenvalue weighted by molar-refractivity contribution is -0.161. The Morgan fingerprint density at radius 1 is 0.588 bits per heavy atom. The average Bonchev–Trinajstić information content (AvgIpc) is 3.12. The highest BCUT2D eigenvalue weighted by atomic mass is 31.2. The molecule has 11 heteroatoms. The van der Waals surface area contributed by atoms with Crippen molar-refractivity contribution in [3.8, 4) is 0 Å². The van der Waals surface area contributed by atoms with Gasteiger partial charge in [0.2, 0.25) is 0 Å². The Labute approximate surface area is 310 Å². The van der Waals surface area contributed by atoms with Crippen molar-refractivity contribution in [1.29, 1.82) is 0 Å². The predicted octanol–water partition coefficient (Wildman–Crippen LogP) is 10.2. The number of phosphoric ester groups is 1. The number of rotatable bonds is 38. The molecular formula is C40H75O10P. The van der Waals surface area contributed by atoms with Crippen LogP contribution < -0.4 is 0 Å². The van der Waals surface area contributed by atoms with Crippen LogP contribution in [0, 0.1) is 0 Å². The van der Waals surface area contributed by atoms with Gasteiger partial charge in [-0.05, 0) is 44.9 Å². The monoisotopic (exact) mass is 747 g/mol. The summed E-state index contributed by atoms with van der Waals surface area (Å²) < 4.78 is 32.6. The quantitative estimate of drug-likeness (QED) is 0.0241. The normalized spacial score (nSPS) is 14.2. The van der Waals surface area contributed by atoms with Crippen LogP contribution in [0.1, 0.15) is 181 Å². The molecule has 0 radical (unpaired) electrons. The fourth-order valence-electron chi connectivity index (χ4n) is 5.43. The molecule has 0 heterocycles. The number of aliphatic hydroxyl groups is 2. The van der Waals surface area contributed by atoms with E-state index in [0.717, 1.165) is 64.2 Å². The Bertz CT molecular complexity index is 910. The first-order chi connectivity index (χ1) is 24.7. The third kappa shape index (κ3) is 36.6. The fraction of sp³-hybridized carbons (Fsp3) is 0.850. The summed E-state index contributed by atoms with van der Waals surface area (Å²) in [4.78, 5) is 34.9. The number of carbonyl (C=O) groups is 2. The van der Waals surface area contributed by atoms with Gasteiger partial charge in [0.1, 0.15) is 12.7 Å². The van der Waals surface area contributed by atoms with Gasteiger partial charge in [-0.1, -0.05) is 147 Å². The zero-order valence-corrected chi connectivity index (χ0v) is 33.2. The molecule has 0 spiro atoms. The topological polar surface area (TPSA) is 149 Å². The number of ether oxygens (including phenoxy) is 2. The van der Waals surface area contributed by atoms with E-state index in [1.54, 1.807) is 0 Å². The van der Waals surface area contributed by atoms with E-state index < -0.39 is 51.8 Å². The Morgan fingerprint density at radius 2 is 1.02 bits per heavy atom. The second-order valence-electron chi connectivity index (χ2n) is 13.7. The van der Waals surface area contributed by atoms with Crippen molar-refractivity contribution in [3.63, 3.8) is 0 Å². The molecule has 300 valence electrons. The van der Waals surface area contributed by atoms with Gasteiger partial charge in [-0.15, -0.1) is 0 Å². The molecule has 3 atom stereocenters. The van der Waals surface area contributed by atoms with Crippen LogP contribution >= 0.6 is 7.82 Å². The predicted molar refractivity (Wildman–Crippen MR) is 205 cm³/mol. The molecule has 51 heavy (non-hydrogen) atoms. The molecule has 0 aliphatic heterocycles. The lowest BCUT2D eigenvalue weighted by Crippen LogP contribution is -2.29. The molecule has 0 saturated heterocycles. The van der Waals surface area contributed by atoms with Crippen molar-refractivity contribution in [2.24, 2.45) is 0 Å². The maximum Gasteiger partial charge on any atom is 0.472 e. The van der Waals surface area contributed by atoms with Gasteiger partial charge in [0.15, 0.2) is 6.10 Å². The lowest BCUT2D eigenvalue weighted by Gasteiger charge is -2.20. The van der Waals surface area contributed by atoms with E-state index in [1.807, 2.05) is 0 Å². The third-order valence-corrected chi connectivity index (χ3v) is 9.56. The second-order valence-corrected chi connectivity index (χ2v) is 15.1. The lowest BCUT2D eigenvalue weighted by atomic mass is 10.0. The number of hydrogen-bond donors (Lipinski definition) is 3. The number of allylic oxidation sites excluding steroid dienone is 4. The van der Waals surface area contributed by atoms with E-state index in [0.29, 0.717) is 12.8 Å². The Kier molecular flexibility index (Phi) is 35.7. The number of hydrogen-bond acceptors (Lipinski definition) is 9. The van der Waals surface area contributed by atoms with Crippen molar-refractivity contribution in [3.05, 3.63) is 24.3 Å². The molecule has 0 rings (SSSR count). The molecule has 0 amide bonds. The minimum absolute atomic E-state index is 0.171. The van der Waals surface area contributed by atoms with E-state index >= 15 is 0 Å². The summed E-state index contributed by atoms with van der Waals surface area (Å²) in [5, 5.41) is 18.3. The van der Waals surface area contributed by atoms with Crippen LogP contribution in [0.2, 0.25) is 0 Å². The number of phosphoric acid groups is 1. The first-order valence-corrected chi connectivity index (χ1v) is 21.8. The van der Waals surface area contributed by atoms with Crippen molar-refractivity contribution in [2.45, 2.75) is 193 Å². The highest BCUT2D eigenvalue weighted by molar-refractivity contribution is 7.47. The summed E-state index contributed by atoms with van der Waals surface area (Å²) in [6.07, 6.45) is 34.2. The Balaban J connectivity index is 4.35. The molecule has 0 saturated carbocycles. The third-order valence-electron chi connectivity index (χ3n) is 8.61. The van der Waals surface area contributed by atoms with Gasteiger partial charge in [-0.25, -0.2) is 4.57 Å². The molecular weight excluding hydrogens is 671 g/mol. The second kappa shape index (κ2) is 36.8. The van der Waals surface area contributed by atoms with Crippen LogP contribution in [-0.4, -0.2) is 65.7 Å². The summed E-state index contributed by atoms with van der Waals surface area (Å²) in [7, 11) is -4.61. The van der Waals surface area contributed by atoms with Crippen molar-refractivity contribution in [1.82, 2.24) is 0 Å². The van der Waals surface area contributed by atoms with Gasteiger partial charge in [-0.3, -0.25) is 18.6 Å². The van der Waals surface area contributed by atoms with Crippen LogP contribution in [0.4, 0.5) is 0 Å². The van der Waals surface area contributed by atoms with E-state index in [2.05, 4.69) is 42.7 Å². The average molecular weight is 747 g/mol. The van der Waals surface area contributed by atoms with Crippen LogP contribution in [0.3, 0.4) is 0 Å². The minimum atomic E-state index is -4.61. The van der Waals surface area contributed by atoms with Crippen LogP contribution in [0.5, 0.6) is 0 Å². The van der Waals surface area contributed by atoms with Crippen LogP contribution in [0.15, 0.2) is 24.3 Å². The van der Waals surface area contributed by atoms with Crippen LogP contribution in [0.25, 0.3) is 0 Å². The van der Waals surface area contributed by atoms with Crippen molar-refractivity contribution < 1.29 is 47.8 Å². The van der Waals surface area contributed by atoms with E-state index in [-0.39, 0.29) is 19.4 Å². The largest absolute Gasteiger partial charge is 0.472 e. The molecule has 3 unspecified atom stereocenters. The maximum atomic E-state index is 12.6. The Hall–Kier alpha value is -1.55. The van der Waals surface area contributed by atoms with E-state index in [4.69, 9.17) is 19.1 Å². The molecule has 0 aromatic rings. The highest BCUT2D eigenvalue weighted by Gasteiger charge is 2.27. The van der Waals surface area contributed by atoms with Gasteiger partial charge in [0.05, 0.1) is 19.8 Å². The first-order valence-electron chi connectivity index (χ1n) is 20.3. The van der Waals surface area contributed by atoms with Crippen molar-refractivity contribution >= 4 is 19.8 Å². The summed E-state index contributed by atoms with van der Waals surface area (Å²) in [6.45, 7) is 2.34. The number of esters is 2. The van der Waals surface area contributed by atoms with Gasteiger partial charge in [0.25, 0.3) is 0 Å². The standard InChI is InChI=1S/C40H75O10P/c1-3-5-7-9-11-13-15-17-18-20-22-24-26-28-30-32-40(44)50-38(36-49-51(45,46)48-34-37(42)33-41)35-47-39(43)31-29-27-25-23-21-19-16-14-12-10-8-6-4-2/h11,13,17-18,37-38,41-42H,3-10,12,14-16,19-36H2,1-2H3,(H,45,46)/b13-11+,18-17+. The number of carbonyl (C=O) groups excluding carboxylic acids is 2. The van der Waals surface area contributed by atoms with Crippen molar-refractivity contribution in [2.75, 3.05) is 26.4 Å². The molecule has 0 aromatic carbocycles. The van der Waals surface area contributed by atoms with Crippen LogP contribution in [-0.2, 0) is 32.7 Å². The van der Waals surface area contributed by atoms with E-state index in [9.17, 15) is 24.2 Å². The maximum absolute atomic E-state index is 12.6.